The molecule has 3 aromatic rings. The second-order valence-electron chi connectivity index (χ2n) is 7.37. The Hall–Kier alpha value is -3.34. The third-order valence-corrected chi connectivity index (χ3v) is 3.90. The van der Waals surface area contributed by atoms with Crippen LogP contribution in [-0.4, -0.2) is 17.9 Å². The molecule has 28 heavy (non-hydrogen) atoms. The summed E-state index contributed by atoms with van der Waals surface area (Å²) in [6.45, 7) is 5.87. The first-order chi connectivity index (χ1) is 13.4. The van der Waals surface area contributed by atoms with Gasteiger partial charge in [-0.25, -0.2) is 10.2 Å². The molecule has 5 heteroatoms. The molecule has 1 amide bonds. The zero-order valence-corrected chi connectivity index (χ0v) is 16.3. The van der Waals surface area contributed by atoms with E-state index in [1.807, 2.05) is 42.5 Å². The van der Waals surface area contributed by atoms with Crippen LogP contribution < -0.4 is 10.2 Å². The molecule has 0 aromatic heterocycles. The summed E-state index contributed by atoms with van der Waals surface area (Å²) in [4.78, 5) is 11.6. The number of carbonyl (C=O) groups is 1. The van der Waals surface area contributed by atoms with E-state index in [1.54, 1.807) is 27.0 Å². The third kappa shape index (κ3) is 5.58. The number of hydrogen-bond donors (Lipinski definition) is 1. The predicted octanol–water partition coefficient (Wildman–Crippen LogP) is 5.28. The normalized spacial score (nSPS) is 11.5. The SMILES string of the molecule is CC(C)(C)OC(=O)N/N=C\c1cccc(OCc2cccc3ccccc23)c1. The zero-order valence-electron chi connectivity index (χ0n) is 16.3. The first-order valence-corrected chi connectivity index (χ1v) is 9.12. The number of benzene rings is 3. The molecule has 0 spiro atoms. The molecule has 0 atom stereocenters. The number of rotatable bonds is 5. The summed E-state index contributed by atoms with van der Waals surface area (Å²) in [5.41, 5.74) is 3.73. The van der Waals surface area contributed by atoms with E-state index in [-0.39, 0.29) is 0 Å². The minimum atomic E-state index is -0.591. The molecule has 3 rings (SSSR count). The molecule has 0 bridgehead atoms. The molecule has 5 nitrogen and oxygen atoms in total. The number of fused-ring (bicyclic) bond motifs is 1. The maximum atomic E-state index is 11.6. The topological polar surface area (TPSA) is 59.9 Å². The van der Waals surface area contributed by atoms with Crippen molar-refractivity contribution in [2.45, 2.75) is 33.0 Å². The van der Waals surface area contributed by atoms with Gasteiger partial charge in [0.15, 0.2) is 0 Å². The van der Waals surface area contributed by atoms with Crippen LogP contribution in [0.1, 0.15) is 31.9 Å². The van der Waals surface area contributed by atoms with Crippen molar-refractivity contribution >= 4 is 23.1 Å². The Morgan fingerprint density at radius 3 is 2.61 bits per heavy atom. The number of carbonyl (C=O) groups excluding carboxylic acids is 1. The summed E-state index contributed by atoms with van der Waals surface area (Å²) in [6.07, 6.45) is 0.960. The maximum Gasteiger partial charge on any atom is 0.428 e. The molecule has 0 aliphatic heterocycles. The van der Waals surface area contributed by atoms with Gasteiger partial charge in [0.1, 0.15) is 18.0 Å². The Kier molecular flexibility index (Phi) is 5.94. The predicted molar refractivity (Wildman–Crippen MR) is 112 cm³/mol. The summed E-state index contributed by atoms with van der Waals surface area (Å²) < 4.78 is 11.1. The lowest BCUT2D eigenvalue weighted by atomic mass is 10.1. The molecule has 0 unspecified atom stereocenters. The van der Waals surface area contributed by atoms with E-state index in [2.05, 4.69) is 34.8 Å². The summed E-state index contributed by atoms with van der Waals surface area (Å²) in [5.74, 6) is 0.731. The van der Waals surface area contributed by atoms with E-state index in [0.717, 1.165) is 16.9 Å². The zero-order chi connectivity index (χ0) is 20.0. The molecule has 144 valence electrons. The number of hydrazone groups is 1. The molecule has 1 N–H and O–H groups in total. The van der Waals surface area contributed by atoms with E-state index < -0.39 is 11.7 Å². The molecule has 0 aliphatic carbocycles. The minimum Gasteiger partial charge on any atom is -0.489 e. The lowest BCUT2D eigenvalue weighted by Gasteiger charge is -2.18. The van der Waals surface area contributed by atoms with Gasteiger partial charge in [-0.3, -0.25) is 0 Å². The standard InChI is InChI=1S/C23H24N2O3/c1-23(2,3)28-22(26)25-24-15-17-8-6-12-20(14-17)27-16-19-11-7-10-18-9-4-5-13-21(18)19/h4-15H,16H2,1-3H3,(H,25,26)/b24-15-. The Bertz CT molecular complexity index is 985. The summed E-state index contributed by atoms with van der Waals surface area (Å²) >= 11 is 0. The van der Waals surface area contributed by atoms with Crippen LogP contribution in [0.2, 0.25) is 0 Å². The Balaban J connectivity index is 1.62. The Labute approximate surface area is 165 Å². The van der Waals surface area contributed by atoms with Gasteiger partial charge in [-0.05, 0) is 54.8 Å². The molecule has 0 saturated heterocycles. The van der Waals surface area contributed by atoms with Crippen LogP contribution in [0, 0.1) is 0 Å². The average Bonchev–Trinajstić information content (AvgIpc) is 2.65. The first-order valence-electron chi connectivity index (χ1n) is 9.12. The van der Waals surface area contributed by atoms with Gasteiger partial charge in [-0.1, -0.05) is 54.6 Å². The van der Waals surface area contributed by atoms with Crippen LogP contribution in [0.5, 0.6) is 5.75 Å². The van der Waals surface area contributed by atoms with E-state index in [1.165, 1.54) is 10.8 Å². The quantitative estimate of drug-likeness (QED) is 0.487. The molecule has 0 radical (unpaired) electrons. The highest BCUT2D eigenvalue weighted by Gasteiger charge is 2.15. The molecular weight excluding hydrogens is 352 g/mol. The lowest BCUT2D eigenvalue weighted by molar-refractivity contribution is 0.0529. The van der Waals surface area contributed by atoms with Crippen LogP contribution >= 0.6 is 0 Å². The van der Waals surface area contributed by atoms with Gasteiger partial charge in [0, 0.05) is 0 Å². The molecule has 0 saturated carbocycles. The fourth-order valence-electron chi connectivity index (χ4n) is 2.72. The van der Waals surface area contributed by atoms with E-state index in [9.17, 15) is 4.79 Å². The van der Waals surface area contributed by atoms with Crippen LogP contribution in [-0.2, 0) is 11.3 Å². The van der Waals surface area contributed by atoms with Gasteiger partial charge >= 0.3 is 6.09 Å². The molecular formula is C23H24N2O3. The highest BCUT2D eigenvalue weighted by molar-refractivity contribution is 5.85. The minimum absolute atomic E-state index is 0.470. The molecule has 0 fully saturated rings. The first kappa shape index (κ1) is 19.4. The smallest absolute Gasteiger partial charge is 0.428 e. The van der Waals surface area contributed by atoms with E-state index >= 15 is 0 Å². The van der Waals surface area contributed by atoms with Gasteiger partial charge in [-0.2, -0.15) is 5.10 Å². The van der Waals surface area contributed by atoms with Crippen LogP contribution in [0.4, 0.5) is 4.79 Å². The fourth-order valence-corrected chi connectivity index (χ4v) is 2.72. The number of amides is 1. The van der Waals surface area contributed by atoms with Crippen LogP contribution in [0.15, 0.2) is 71.8 Å². The third-order valence-electron chi connectivity index (χ3n) is 3.90. The Morgan fingerprint density at radius 2 is 1.79 bits per heavy atom. The fraction of sp³-hybridized carbons (Fsp3) is 0.217. The monoisotopic (exact) mass is 376 g/mol. The van der Waals surface area contributed by atoms with Gasteiger partial charge in [0.2, 0.25) is 0 Å². The summed E-state index contributed by atoms with van der Waals surface area (Å²) in [6, 6.07) is 22.0. The van der Waals surface area contributed by atoms with Crippen molar-refractivity contribution in [2.24, 2.45) is 5.10 Å². The number of nitrogens with one attached hydrogen (secondary N) is 1. The molecule has 0 heterocycles. The second-order valence-corrected chi connectivity index (χ2v) is 7.37. The summed E-state index contributed by atoms with van der Waals surface area (Å²) in [5, 5.41) is 6.30. The largest absolute Gasteiger partial charge is 0.489 e. The van der Waals surface area contributed by atoms with Crippen molar-refractivity contribution in [3.63, 3.8) is 0 Å². The van der Waals surface area contributed by atoms with Gasteiger partial charge in [0.05, 0.1) is 6.21 Å². The van der Waals surface area contributed by atoms with Crippen molar-refractivity contribution < 1.29 is 14.3 Å². The average molecular weight is 376 g/mol. The van der Waals surface area contributed by atoms with Gasteiger partial charge in [-0.15, -0.1) is 0 Å². The Morgan fingerprint density at radius 1 is 1.04 bits per heavy atom. The van der Waals surface area contributed by atoms with E-state index in [4.69, 9.17) is 9.47 Å². The second kappa shape index (κ2) is 8.57. The lowest BCUT2D eigenvalue weighted by Crippen LogP contribution is -2.29. The van der Waals surface area contributed by atoms with Crippen LogP contribution in [0.25, 0.3) is 10.8 Å². The highest BCUT2D eigenvalue weighted by Crippen LogP contribution is 2.21. The van der Waals surface area contributed by atoms with Crippen molar-refractivity contribution in [3.8, 4) is 5.75 Å². The summed E-state index contributed by atoms with van der Waals surface area (Å²) in [7, 11) is 0. The number of ether oxygens (including phenoxy) is 2. The van der Waals surface area contributed by atoms with Crippen LogP contribution in [0.3, 0.4) is 0 Å². The molecule has 3 aromatic carbocycles. The van der Waals surface area contributed by atoms with Gasteiger partial charge < -0.3 is 9.47 Å². The number of hydrogen-bond acceptors (Lipinski definition) is 4. The van der Waals surface area contributed by atoms with Gasteiger partial charge in [0.25, 0.3) is 0 Å². The maximum absolute atomic E-state index is 11.6. The highest BCUT2D eigenvalue weighted by atomic mass is 16.6. The van der Waals surface area contributed by atoms with E-state index in [0.29, 0.717) is 6.61 Å². The molecule has 0 aliphatic rings. The van der Waals surface area contributed by atoms with Crippen molar-refractivity contribution in [2.75, 3.05) is 0 Å². The van der Waals surface area contributed by atoms with Crippen molar-refractivity contribution in [3.05, 3.63) is 77.9 Å². The van der Waals surface area contributed by atoms with Crippen molar-refractivity contribution in [1.82, 2.24) is 5.43 Å². The number of nitrogens with zero attached hydrogens (tertiary/aromatic N) is 1. The van der Waals surface area contributed by atoms with Crippen molar-refractivity contribution in [1.29, 1.82) is 0 Å².